The molecule has 25 heavy (non-hydrogen) atoms. The van der Waals surface area contributed by atoms with E-state index in [1.165, 1.54) is 6.42 Å². The van der Waals surface area contributed by atoms with Gasteiger partial charge in [0.2, 0.25) is 0 Å². The molecule has 1 heterocycles. The first-order chi connectivity index (χ1) is 12.0. The fourth-order valence-electron chi connectivity index (χ4n) is 7.13. The van der Waals surface area contributed by atoms with E-state index in [0.717, 1.165) is 58.2 Å². The first kappa shape index (κ1) is 16.3. The average Bonchev–Trinajstić information content (AvgIpc) is 3.18. The van der Waals surface area contributed by atoms with Crippen molar-refractivity contribution in [3.8, 4) is 6.07 Å². The van der Waals surface area contributed by atoms with Crippen LogP contribution in [0.5, 0.6) is 0 Å². The fraction of sp³-hybridized carbons (Fsp3) is 0.857. The normalized spacial score (nSPS) is 48.0. The molecule has 3 fully saturated rings. The molecule has 136 valence electrons. The third-order valence-corrected chi connectivity index (χ3v) is 8.53. The summed E-state index contributed by atoms with van der Waals surface area (Å²) in [6.07, 6.45) is 9.24. The van der Waals surface area contributed by atoms with Crippen molar-refractivity contribution in [2.24, 2.45) is 23.2 Å². The molecule has 5 rings (SSSR count). The molecule has 4 aliphatic carbocycles. The van der Waals surface area contributed by atoms with Gasteiger partial charge in [0, 0.05) is 18.3 Å². The first-order valence-corrected chi connectivity index (χ1v) is 10.1. The quantitative estimate of drug-likeness (QED) is 0.538. The van der Waals surface area contributed by atoms with Crippen molar-refractivity contribution in [3.05, 3.63) is 11.1 Å². The van der Waals surface area contributed by atoms with E-state index in [4.69, 9.17) is 9.47 Å². The van der Waals surface area contributed by atoms with Gasteiger partial charge in [0.05, 0.1) is 19.3 Å². The summed E-state index contributed by atoms with van der Waals surface area (Å²) in [4.78, 5) is 0. The van der Waals surface area contributed by atoms with Crippen molar-refractivity contribution in [2.45, 2.75) is 76.1 Å². The van der Waals surface area contributed by atoms with Gasteiger partial charge in [-0.15, -0.1) is 0 Å². The maximum atomic E-state index is 10.9. The Bertz CT molecular complexity index is 659. The predicted molar refractivity (Wildman–Crippen MR) is 92.4 cm³/mol. The van der Waals surface area contributed by atoms with Gasteiger partial charge in [-0.3, -0.25) is 0 Å². The highest BCUT2D eigenvalue weighted by atomic mass is 16.7. The standard InChI is InChI=1S/C21H29NO3/c1-19-7-4-16-15-5-9-21(24-10-11-25-21)12-14(15)2-3-17(16)18(19)6-8-20(19,23)13-22/h16-18,23H,2-12H2,1H3/t16-,17-,18+,19+,20+/m1/s1. The van der Waals surface area contributed by atoms with Crippen LogP contribution in [0.2, 0.25) is 0 Å². The number of nitriles is 1. The van der Waals surface area contributed by atoms with Gasteiger partial charge in [-0.05, 0) is 62.7 Å². The lowest BCUT2D eigenvalue weighted by Gasteiger charge is -2.53. The lowest BCUT2D eigenvalue weighted by molar-refractivity contribution is -0.166. The SMILES string of the molecule is C[C@]12CC[C@@H]3C4=C(CC[C@H]3[C@@H]1CC[C@]2(O)C#N)CC1(CC4)OCCO1. The minimum atomic E-state index is -1.11. The lowest BCUT2D eigenvalue weighted by Crippen LogP contribution is -2.51. The second-order valence-electron chi connectivity index (χ2n) is 9.30. The highest BCUT2D eigenvalue weighted by Gasteiger charge is 2.62. The lowest BCUT2D eigenvalue weighted by atomic mass is 9.52. The maximum Gasteiger partial charge on any atom is 0.172 e. The molecular formula is C21H29NO3. The Kier molecular flexibility index (Phi) is 3.46. The van der Waals surface area contributed by atoms with Crippen molar-refractivity contribution < 1.29 is 14.6 Å². The van der Waals surface area contributed by atoms with E-state index in [-0.39, 0.29) is 11.2 Å². The molecule has 1 aliphatic heterocycles. The summed E-state index contributed by atoms with van der Waals surface area (Å²) in [5, 5.41) is 20.5. The van der Waals surface area contributed by atoms with Gasteiger partial charge < -0.3 is 14.6 Å². The van der Waals surface area contributed by atoms with Crippen LogP contribution in [0.15, 0.2) is 11.1 Å². The van der Waals surface area contributed by atoms with Crippen LogP contribution in [-0.2, 0) is 9.47 Å². The molecule has 1 saturated heterocycles. The van der Waals surface area contributed by atoms with E-state index in [9.17, 15) is 10.4 Å². The van der Waals surface area contributed by atoms with Crippen molar-refractivity contribution in [3.63, 3.8) is 0 Å². The Labute approximate surface area is 150 Å². The van der Waals surface area contributed by atoms with Gasteiger partial charge in [0.25, 0.3) is 0 Å². The van der Waals surface area contributed by atoms with Crippen molar-refractivity contribution in [1.82, 2.24) is 0 Å². The van der Waals surface area contributed by atoms with Crippen LogP contribution in [0.3, 0.4) is 0 Å². The monoisotopic (exact) mass is 343 g/mol. The molecule has 4 nitrogen and oxygen atoms in total. The van der Waals surface area contributed by atoms with E-state index in [1.54, 1.807) is 11.1 Å². The minimum Gasteiger partial charge on any atom is -0.375 e. The molecule has 0 aromatic rings. The zero-order valence-corrected chi connectivity index (χ0v) is 15.2. The minimum absolute atomic E-state index is 0.214. The Hall–Kier alpha value is -0.890. The van der Waals surface area contributed by atoms with Crippen LogP contribution in [0, 0.1) is 34.5 Å². The number of nitrogens with zero attached hydrogens (tertiary/aromatic N) is 1. The van der Waals surface area contributed by atoms with Crippen LogP contribution in [0.4, 0.5) is 0 Å². The topological polar surface area (TPSA) is 62.5 Å². The van der Waals surface area contributed by atoms with Crippen LogP contribution in [0.25, 0.3) is 0 Å². The molecule has 0 amide bonds. The molecular weight excluding hydrogens is 314 g/mol. The molecule has 5 aliphatic rings. The van der Waals surface area contributed by atoms with Crippen molar-refractivity contribution in [1.29, 1.82) is 5.26 Å². The molecule has 1 N–H and O–H groups in total. The molecule has 0 aromatic carbocycles. The average molecular weight is 343 g/mol. The van der Waals surface area contributed by atoms with Gasteiger partial charge in [-0.2, -0.15) is 5.26 Å². The third-order valence-electron chi connectivity index (χ3n) is 8.53. The van der Waals surface area contributed by atoms with Gasteiger partial charge in [0.1, 0.15) is 0 Å². The number of hydrogen-bond donors (Lipinski definition) is 1. The molecule has 0 aromatic heterocycles. The summed E-state index contributed by atoms with van der Waals surface area (Å²) in [5.74, 6) is 1.50. The second kappa shape index (κ2) is 5.31. The summed E-state index contributed by atoms with van der Waals surface area (Å²) < 4.78 is 11.9. The highest BCUT2D eigenvalue weighted by molar-refractivity contribution is 5.30. The first-order valence-electron chi connectivity index (χ1n) is 10.1. The third kappa shape index (κ3) is 2.10. The van der Waals surface area contributed by atoms with Crippen LogP contribution in [-0.4, -0.2) is 29.7 Å². The highest BCUT2D eigenvalue weighted by Crippen LogP contribution is 2.64. The summed E-state index contributed by atoms with van der Waals surface area (Å²) in [5.41, 5.74) is 1.97. The van der Waals surface area contributed by atoms with Crippen LogP contribution >= 0.6 is 0 Å². The number of ether oxygens (including phenoxy) is 2. The molecule has 0 radical (unpaired) electrons. The van der Waals surface area contributed by atoms with E-state index in [1.807, 2.05) is 0 Å². The Morgan fingerprint density at radius 3 is 2.64 bits per heavy atom. The Balaban J connectivity index is 1.43. The molecule has 5 atom stereocenters. The number of fused-ring (bicyclic) bond motifs is 4. The molecule has 0 unspecified atom stereocenters. The predicted octanol–water partition coefficient (Wildman–Crippen LogP) is 3.70. The number of rotatable bonds is 0. The van der Waals surface area contributed by atoms with Crippen molar-refractivity contribution in [2.75, 3.05) is 13.2 Å². The largest absolute Gasteiger partial charge is 0.375 e. The molecule has 0 bridgehead atoms. The van der Waals surface area contributed by atoms with Crippen molar-refractivity contribution >= 4 is 0 Å². The second-order valence-corrected chi connectivity index (χ2v) is 9.30. The van der Waals surface area contributed by atoms with E-state index >= 15 is 0 Å². The van der Waals surface area contributed by atoms with E-state index < -0.39 is 5.60 Å². The van der Waals surface area contributed by atoms with Crippen LogP contribution < -0.4 is 0 Å². The summed E-state index contributed by atoms with van der Waals surface area (Å²) in [7, 11) is 0. The molecule has 4 heteroatoms. The van der Waals surface area contributed by atoms with Gasteiger partial charge in [0.15, 0.2) is 11.4 Å². The number of allylic oxidation sites excluding steroid dienone is 1. The zero-order chi connectivity index (χ0) is 17.3. The molecule has 2 saturated carbocycles. The van der Waals surface area contributed by atoms with Crippen LogP contribution in [0.1, 0.15) is 64.7 Å². The Morgan fingerprint density at radius 1 is 1.08 bits per heavy atom. The maximum absolute atomic E-state index is 10.9. The zero-order valence-electron chi connectivity index (χ0n) is 15.2. The summed E-state index contributed by atoms with van der Waals surface area (Å²) in [6, 6.07) is 2.28. The summed E-state index contributed by atoms with van der Waals surface area (Å²) >= 11 is 0. The van der Waals surface area contributed by atoms with E-state index in [2.05, 4.69) is 13.0 Å². The fourth-order valence-corrected chi connectivity index (χ4v) is 7.13. The van der Waals surface area contributed by atoms with Gasteiger partial charge in [-0.25, -0.2) is 0 Å². The number of aliphatic hydroxyl groups is 1. The Morgan fingerprint density at radius 2 is 1.88 bits per heavy atom. The van der Waals surface area contributed by atoms with Gasteiger partial charge >= 0.3 is 0 Å². The number of hydrogen-bond acceptors (Lipinski definition) is 4. The summed E-state index contributed by atoms with van der Waals surface area (Å²) in [6.45, 7) is 3.66. The smallest absolute Gasteiger partial charge is 0.172 e. The van der Waals surface area contributed by atoms with E-state index in [0.29, 0.717) is 24.2 Å². The molecule has 1 spiro atoms. The van der Waals surface area contributed by atoms with Gasteiger partial charge in [-0.1, -0.05) is 18.1 Å².